The van der Waals surface area contributed by atoms with Crippen LogP contribution in [0, 0.1) is 0 Å². The number of rotatable bonds is 4. The highest BCUT2D eigenvalue weighted by Crippen LogP contribution is 2.17. The molecule has 0 fully saturated rings. The number of ether oxygens (including phenoxy) is 1. The van der Waals surface area contributed by atoms with Gasteiger partial charge in [-0.15, -0.1) is 12.6 Å². The summed E-state index contributed by atoms with van der Waals surface area (Å²) in [6.45, 7) is 0. The number of aromatic nitrogens is 1. The normalized spacial score (nSPS) is 11.7. The molecule has 0 aliphatic rings. The highest BCUT2D eigenvalue weighted by molar-refractivity contribution is 7.86. The number of nitrogens with zero attached hydrogens (tertiary/aromatic N) is 1. The standard InChI is InChI=1S/C14H11NO4S/c1-18-14(17)11(15-7-3-2-4-8-15)13(20)12(16)10-6-5-9-19-10/h2-9H,1H3/p+1. The molecule has 2 heterocycles. The average molecular weight is 290 g/mol. The third kappa shape index (κ3) is 2.80. The van der Waals surface area contributed by atoms with Crippen LogP contribution in [0.3, 0.4) is 0 Å². The summed E-state index contributed by atoms with van der Waals surface area (Å²) in [5, 5.41) is 0. The Hall–Kier alpha value is -2.34. The molecule has 5 nitrogen and oxygen atoms in total. The zero-order valence-corrected chi connectivity index (χ0v) is 11.5. The summed E-state index contributed by atoms with van der Waals surface area (Å²) >= 11 is 4.16. The maximum atomic E-state index is 12.2. The van der Waals surface area contributed by atoms with Crippen LogP contribution in [0.5, 0.6) is 0 Å². The summed E-state index contributed by atoms with van der Waals surface area (Å²) in [5.74, 6) is -1.05. The van der Waals surface area contributed by atoms with Gasteiger partial charge in [-0.1, -0.05) is 6.07 Å². The van der Waals surface area contributed by atoms with E-state index in [1.807, 2.05) is 0 Å². The smallest absolute Gasteiger partial charge is 0.405 e. The summed E-state index contributed by atoms with van der Waals surface area (Å²) in [5.41, 5.74) is 0.0258. The van der Waals surface area contributed by atoms with Gasteiger partial charge in [-0.05, 0) is 12.1 Å². The summed E-state index contributed by atoms with van der Waals surface area (Å²) < 4.78 is 11.2. The molecule has 0 aliphatic heterocycles. The highest BCUT2D eigenvalue weighted by Gasteiger charge is 2.29. The molecule has 0 bridgehead atoms. The van der Waals surface area contributed by atoms with Gasteiger partial charge < -0.3 is 9.15 Å². The topological polar surface area (TPSA) is 60.4 Å². The Morgan fingerprint density at radius 3 is 2.45 bits per heavy atom. The van der Waals surface area contributed by atoms with Crippen molar-refractivity contribution in [3.63, 3.8) is 0 Å². The van der Waals surface area contributed by atoms with Crippen molar-refractivity contribution in [3.8, 4) is 0 Å². The lowest BCUT2D eigenvalue weighted by Crippen LogP contribution is -2.37. The van der Waals surface area contributed by atoms with E-state index in [1.165, 1.54) is 24.0 Å². The molecule has 0 saturated heterocycles. The van der Waals surface area contributed by atoms with Gasteiger partial charge in [-0.3, -0.25) is 4.79 Å². The van der Waals surface area contributed by atoms with E-state index >= 15 is 0 Å². The molecule has 102 valence electrons. The van der Waals surface area contributed by atoms with Crippen LogP contribution in [0.25, 0.3) is 5.70 Å². The van der Waals surface area contributed by atoms with E-state index in [1.54, 1.807) is 36.7 Å². The van der Waals surface area contributed by atoms with Crippen molar-refractivity contribution in [2.24, 2.45) is 0 Å². The Morgan fingerprint density at radius 1 is 1.20 bits per heavy atom. The van der Waals surface area contributed by atoms with Crippen molar-refractivity contribution in [3.05, 3.63) is 59.7 Å². The van der Waals surface area contributed by atoms with Crippen LogP contribution in [0.15, 0.2) is 58.3 Å². The fraction of sp³-hybridized carbons (Fsp3) is 0.0714. The first-order valence-electron chi connectivity index (χ1n) is 5.71. The van der Waals surface area contributed by atoms with E-state index in [9.17, 15) is 9.59 Å². The van der Waals surface area contributed by atoms with Crippen LogP contribution in [0.1, 0.15) is 10.6 Å². The van der Waals surface area contributed by atoms with Gasteiger partial charge in [0.1, 0.15) is 4.91 Å². The molecule has 0 aromatic carbocycles. The lowest BCUT2D eigenvalue weighted by molar-refractivity contribution is -0.578. The third-order valence-corrected chi connectivity index (χ3v) is 2.95. The summed E-state index contributed by atoms with van der Waals surface area (Å²) in [7, 11) is 1.24. The largest absolute Gasteiger partial charge is 0.461 e. The molecule has 0 unspecified atom stereocenters. The number of esters is 1. The number of carbonyl (C=O) groups is 2. The van der Waals surface area contributed by atoms with Crippen LogP contribution in [0.2, 0.25) is 0 Å². The number of ketones is 1. The first kappa shape index (κ1) is 14.1. The molecule has 2 aromatic heterocycles. The molecule has 0 atom stereocenters. The van der Waals surface area contributed by atoms with Gasteiger partial charge in [0.15, 0.2) is 18.2 Å². The summed E-state index contributed by atoms with van der Waals surface area (Å²) in [6, 6.07) is 8.32. The fourth-order valence-corrected chi connectivity index (χ4v) is 1.92. The van der Waals surface area contributed by atoms with E-state index in [0.29, 0.717) is 0 Å². The van der Waals surface area contributed by atoms with Gasteiger partial charge in [0, 0.05) is 12.1 Å². The molecule has 0 spiro atoms. The number of hydrogen-bond acceptors (Lipinski definition) is 5. The Bertz CT molecular complexity index is 647. The number of furan rings is 1. The minimum atomic E-state index is -0.661. The zero-order valence-electron chi connectivity index (χ0n) is 10.6. The number of Topliss-reactive ketones (excluding diaryl/α,β-unsaturated/α-hetero) is 1. The first-order chi connectivity index (χ1) is 9.65. The second-order valence-electron chi connectivity index (χ2n) is 3.78. The van der Waals surface area contributed by atoms with E-state index in [2.05, 4.69) is 12.6 Å². The van der Waals surface area contributed by atoms with E-state index in [0.717, 1.165) is 0 Å². The van der Waals surface area contributed by atoms with Gasteiger partial charge in [-0.25, -0.2) is 4.79 Å². The monoisotopic (exact) mass is 290 g/mol. The molecular weight excluding hydrogens is 278 g/mol. The Balaban J connectivity index is 2.53. The van der Waals surface area contributed by atoms with Gasteiger partial charge in [-0.2, -0.15) is 4.57 Å². The molecule has 2 aromatic rings. The van der Waals surface area contributed by atoms with Crippen LogP contribution in [-0.2, 0) is 9.53 Å². The highest BCUT2D eigenvalue weighted by atomic mass is 32.1. The van der Waals surface area contributed by atoms with Crippen molar-refractivity contribution in [1.29, 1.82) is 0 Å². The SMILES string of the molecule is COC(=O)/C(=C(/S)C(=O)c1ccco1)[n+]1ccccc1. The maximum absolute atomic E-state index is 12.2. The summed E-state index contributed by atoms with van der Waals surface area (Å²) in [6.07, 6.45) is 4.62. The summed E-state index contributed by atoms with van der Waals surface area (Å²) in [4.78, 5) is 24.0. The maximum Gasteiger partial charge on any atom is 0.405 e. The average Bonchev–Trinajstić information content (AvgIpc) is 3.01. The molecule has 2 rings (SSSR count). The molecule has 0 radical (unpaired) electrons. The van der Waals surface area contributed by atoms with Crippen LogP contribution in [0.4, 0.5) is 0 Å². The van der Waals surface area contributed by atoms with Crippen LogP contribution in [-0.4, -0.2) is 18.9 Å². The van der Waals surface area contributed by atoms with Crippen LogP contribution < -0.4 is 4.57 Å². The van der Waals surface area contributed by atoms with Crippen molar-refractivity contribution in [2.75, 3.05) is 7.11 Å². The van der Waals surface area contributed by atoms with Gasteiger partial charge in [0.2, 0.25) is 5.78 Å². The van der Waals surface area contributed by atoms with Crippen molar-refractivity contribution in [1.82, 2.24) is 0 Å². The molecule has 0 aliphatic carbocycles. The quantitative estimate of drug-likeness (QED) is 0.306. The number of methoxy groups -OCH3 is 1. The van der Waals surface area contributed by atoms with Gasteiger partial charge in [0.05, 0.1) is 13.4 Å². The minimum absolute atomic E-state index is 0.0258. The second-order valence-corrected chi connectivity index (χ2v) is 4.23. The number of pyridine rings is 1. The molecule has 0 N–H and O–H groups in total. The van der Waals surface area contributed by atoms with Crippen LogP contribution >= 0.6 is 12.6 Å². The number of thiol groups is 1. The Labute approximate surface area is 120 Å². The fourth-order valence-electron chi connectivity index (χ4n) is 1.60. The molecule has 0 saturated carbocycles. The lowest BCUT2D eigenvalue weighted by Gasteiger charge is -2.03. The molecular formula is C14H12NO4S+. The van der Waals surface area contributed by atoms with Gasteiger partial charge >= 0.3 is 11.7 Å². The van der Waals surface area contributed by atoms with Crippen molar-refractivity contribution in [2.45, 2.75) is 0 Å². The zero-order chi connectivity index (χ0) is 14.5. The van der Waals surface area contributed by atoms with Gasteiger partial charge in [0.25, 0.3) is 0 Å². The number of allylic oxidation sites excluding steroid dienone is 1. The minimum Gasteiger partial charge on any atom is -0.461 e. The Kier molecular flexibility index (Phi) is 4.37. The predicted molar refractivity (Wildman–Crippen MR) is 73.9 cm³/mol. The molecule has 6 heteroatoms. The number of carbonyl (C=O) groups excluding carboxylic acids is 2. The molecule has 0 amide bonds. The second kappa shape index (κ2) is 6.21. The number of hydrogen-bond donors (Lipinski definition) is 1. The van der Waals surface area contributed by atoms with E-state index in [-0.39, 0.29) is 16.4 Å². The lowest BCUT2D eigenvalue weighted by atomic mass is 10.2. The predicted octanol–water partition coefficient (Wildman–Crippen LogP) is 1.72. The third-order valence-electron chi connectivity index (χ3n) is 2.54. The first-order valence-corrected chi connectivity index (χ1v) is 6.16. The Morgan fingerprint density at radius 2 is 1.90 bits per heavy atom. The van der Waals surface area contributed by atoms with Crippen molar-refractivity contribution < 1.29 is 23.3 Å². The molecule has 20 heavy (non-hydrogen) atoms. The van der Waals surface area contributed by atoms with E-state index in [4.69, 9.17) is 9.15 Å². The van der Waals surface area contributed by atoms with Crippen molar-refractivity contribution >= 4 is 30.1 Å². The van der Waals surface area contributed by atoms with E-state index < -0.39 is 11.8 Å².